The number of pyridine rings is 1. The van der Waals surface area contributed by atoms with Crippen LogP contribution in [0.15, 0.2) is 37.1 Å². The first kappa shape index (κ1) is 28.7. The molecule has 0 bridgehead atoms. The first-order chi connectivity index (χ1) is 18.9. The van der Waals surface area contributed by atoms with Crippen LogP contribution in [0.3, 0.4) is 0 Å². The lowest BCUT2D eigenvalue weighted by molar-refractivity contribution is 0.177. The zero-order chi connectivity index (χ0) is 27.9. The highest BCUT2D eigenvalue weighted by molar-refractivity contribution is 7.11. The van der Waals surface area contributed by atoms with Crippen LogP contribution in [0.5, 0.6) is 5.75 Å². The van der Waals surface area contributed by atoms with Crippen molar-refractivity contribution in [3.05, 3.63) is 57.8 Å². The number of aromatic nitrogens is 5. The van der Waals surface area contributed by atoms with Crippen molar-refractivity contribution in [3.8, 4) is 17.0 Å². The number of imidazole rings is 1. The van der Waals surface area contributed by atoms with E-state index in [1.807, 2.05) is 39.2 Å². The number of nitrogens with zero attached hydrogens (tertiary/aromatic N) is 6. The molecule has 4 rings (SSSR count). The van der Waals surface area contributed by atoms with Gasteiger partial charge in [-0.05, 0) is 39.7 Å². The van der Waals surface area contributed by atoms with Gasteiger partial charge in [0, 0.05) is 48.4 Å². The molecule has 2 N–H and O–H groups in total. The molecule has 0 aliphatic carbocycles. The van der Waals surface area contributed by atoms with E-state index >= 15 is 0 Å². The Morgan fingerprint density at radius 2 is 2.08 bits per heavy atom. The number of hydrogen-bond acceptors (Lipinski definition) is 8. The van der Waals surface area contributed by atoms with E-state index in [9.17, 15) is 4.79 Å². The number of nitrogens with one attached hydrogen (secondary N) is 1. The molecule has 0 saturated carbocycles. The molecule has 0 spiro atoms. The van der Waals surface area contributed by atoms with Gasteiger partial charge < -0.3 is 24.5 Å². The summed E-state index contributed by atoms with van der Waals surface area (Å²) in [5, 5.41) is 13.6. The van der Waals surface area contributed by atoms with E-state index in [0.29, 0.717) is 34.9 Å². The fraction of sp³-hybridized carbons (Fsp3) is 0.444. The van der Waals surface area contributed by atoms with Crippen LogP contribution in [0, 0.1) is 6.92 Å². The summed E-state index contributed by atoms with van der Waals surface area (Å²) in [6.45, 7) is 6.52. The van der Waals surface area contributed by atoms with Crippen LogP contribution in [0.2, 0.25) is 5.15 Å². The lowest BCUT2D eigenvalue weighted by Gasteiger charge is -2.30. The Morgan fingerprint density at radius 1 is 1.26 bits per heavy atom. The molecule has 0 aliphatic heterocycles. The number of aryl methyl sites for hydroxylation is 1. The predicted octanol–water partition coefficient (Wildman–Crippen LogP) is 5.60. The fourth-order valence-corrected chi connectivity index (χ4v) is 5.63. The van der Waals surface area contributed by atoms with Crippen molar-refractivity contribution in [2.75, 3.05) is 20.3 Å². The minimum atomic E-state index is -0.328. The number of rotatable bonds is 12. The number of fused-ring (bicyclic) bond motifs is 1. The Bertz CT molecular complexity index is 1410. The molecule has 0 radical (unpaired) electrons. The van der Waals surface area contributed by atoms with Gasteiger partial charge >= 0.3 is 6.03 Å². The quantitative estimate of drug-likeness (QED) is 0.212. The van der Waals surface area contributed by atoms with Crippen molar-refractivity contribution in [2.24, 2.45) is 0 Å². The second-order valence-electron chi connectivity index (χ2n) is 9.20. The summed E-state index contributed by atoms with van der Waals surface area (Å²) < 4.78 is 7.38. The van der Waals surface area contributed by atoms with E-state index in [0.717, 1.165) is 35.6 Å². The van der Waals surface area contributed by atoms with Gasteiger partial charge in [-0.1, -0.05) is 24.4 Å². The molecule has 12 heteroatoms. The average molecular weight is 572 g/mol. The minimum Gasteiger partial charge on any atom is -0.494 e. The largest absolute Gasteiger partial charge is 0.494 e. The lowest BCUT2D eigenvalue weighted by atomic mass is 10.1. The third kappa shape index (κ3) is 6.66. The number of aliphatic hydroxyl groups is 1. The molecule has 4 aromatic rings. The van der Waals surface area contributed by atoms with Crippen molar-refractivity contribution in [3.63, 3.8) is 0 Å². The van der Waals surface area contributed by atoms with Gasteiger partial charge in [-0.25, -0.2) is 19.7 Å². The summed E-state index contributed by atoms with van der Waals surface area (Å²) in [4.78, 5) is 34.1. The van der Waals surface area contributed by atoms with Crippen molar-refractivity contribution in [1.82, 2.24) is 34.6 Å². The number of urea groups is 1. The number of methoxy groups -OCH3 is 1. The van der Waals surface area contributed by atoms with Crippen molar-refractivity contribution in [2.45, 2.75) is 58.5 Å². The average Bonchev–Trinajstić information content (AvgIpc) is 3.59. The summed E-state index contributed by atoms with van der Waals surface area (Å²) in [7, 11) is 1.58. The monoisotopic (exact) mass is 571 g/mol. The Balaban J connectivity index is 1.58. The van der Waals surface area contributed by atoms with Gasteiger partial charge in [0.15, 0.2) is 10.8 Å². The van der Waals surface area contributed by atoms with Crippen LogP contribution in [0.4, 0.5) is 4.79 Å². The van der Waals surface area contributed by atoms with E-state index in [2.05, 4.69) is 25.3 Å². The number of ether oxygens (including phenoxy) is 1. The van der Waals surface area contributed by atoms with Gasteiger partial charge in [0.2, 0.25) is 0 Å². The maximum atomic E-state index is 13.6. The number of thiazole rings is 1. The van der Waals surface area contributed by atoms with Crippen LogP contribution < -0.4 is 10.1 Å². The number of unbranched alkanes of at least 4 members (excludes halogenated alkanes) is 2. The van der Waals surface area contributed by atoms with E-state index in [1.165, 1.54) is 0 Å². The molecule has 208 valence electrons. The number of carbonyl (C=O) groups excluding carboxylic acids is 1. The molecule has 2 atom stereocenters. The molecule has 4 heterocycles. The molecule has 0 aromatic carbocycles. The third-order valence-corrected chi connectivity index (χ3v) is 7.93. The van der Waals surface area contributed by atoms with Gasteiger partial charge in [0.1, 0.15) is 5.75 Å². The summed E-state index contributed by atoms with van der Waals surface area (Å²) in [5.74, 6) is 0.546. The topological polar surface area (TPSA) is 118 Å². The second-order valence-corrected chi connectivity index (χ2v) is 10.8. The molecule has 0 saturated heterocycles. The number of halogens is 1. The van der Waals surface area contributed by atoms with Crippen molar-refractivity contribution in [1.29, 1.82) is 0 Å². The van der Waals surface area contributed by atoms with E-state index in [1.54, 1.807) is 46.3 Å². The standard InChI is InChI=1S/C27H34ClN7O3S/c1-5-35(27(37)33-20(9-7-6-8-12-36)24-15-30-18(3)39-24)17(2)21-13-19(23(38-4)14-31-21)22-16-34-11-10-29-26(34)25(28)32-22/h10-11,13-17,20,36H,5-9,12H2,1-4H3,(H,33,37)/t17-,20?/m1/s1. The Morgan fingerprint density at radius 3 is 2.77 bits per heavy atom. The molecule has 0 aliphatic rings. The van der Waals surface area contributed by atoms with Gasteiger partial charge in [-0.2, -0.15) is 0 Å². The summed E-state index contributed by atoms with van der Waals surface area (Å²) in [6, 6.07) is 1.23. The number of carbonyl (C=O) groups is 1. The van der Waals surface area contributed by atoms with Crippen molar-refractivity contribution >= 4 is 34.6 Å². The Hall–Kier alpha value is -3.28. The second kappa shape index (κ2) is 13.2. The van der Waals surface area contributed by atoms with Crippen molar-refractivity contribution < 1.29 is 14.6 Å². The van der Waals surface area contributed by atoms with Crippen LogP contribution >= 0.6 is 22.9 Å². The van der Waals surface area contributed by atoms with Gasteiger partial charge in [0.05, 0.1) is 41.8 Å². The van der Waals surface area contributed by atoms with Crippen LogP contribution in [-0.2, 0) is 0 Å². The summed E-state index contributed by atoms with van der Waals surface area (Å²) in [6.07, 6.45) is 12.1. The predicted molar refractivity (Wildman–Crippen MR) is 152 cm³/mol. The molecule has 39 heavy (non-hydrogen) atoms. The SMILES string of the molecule is CCN(C(=O)NC(CCCCCO)c1cnc(C)s1)[C@H](C)c1cc(-c2cn3ccnc3c(Cl)n2)c(OC)cn1. The highest BCUT2D eigenvalue weighted by Crippen LogP contribution is 2.33. The Labute approximate surface area is 237 Å². The fourth-order valence-electron chi connectivity index (χ4n) is 4.52. The lowest BCUT2D eigenvalue weighted by Crippen LogP contribution is -2.43. The number of aliphatic hydroxyl groups excluding tert-OH is 1. The smallest absolute Gasteiger partial charge is 0.318 e. The van der Waals surface area contributed by atoms with E-state index in [4.69, 9.17) is 21.4 Å². The van der Waals surface area contributed by atoms with E-state index < -0.39 is 0 Å². The number of amides is 2. The molecule has 10 nitrogen and oxygen atoms in total. The molecule has 1 unspecified atom stereocenters. The highest BCUT2D eigenvalue weighted by atomic mass is 35.5. The number of hydrogen-bond donors (Lipinski definition) is 2. The zero-order valence-electron chi connectivity index (χ0n) is 22.6. The third-order valence-electron chi connectivity index (χ3n) is 6.65. The van der Waals surface area contributed by atoms with Crippen LogP contribution in [-0.4, -0.2) is 60.6 Å². The first-order valence-corrected chi connectivity index (χ1v) is 14.2. The summed E-state index contributed by atoms with van der Waals surface area (Å²) in [5.41, 5.74) is 2.58. The first-order valence-electron chi connectivity index (χ1n) is 13.0. The molecular weight excluding hydrogens is 538 g/mol. The Kier molecular flexibility index (Phi) is 9.71. The molecular formula is C27H34ClN7O3S. The minimum absolute atomic E-state index is 0.156. The zero-order valence-corrected chi connectivity index (χ0v) is 24.2. The highest BCUT2D eigenvalue weighted by Gasteiger charge is 2.26. The van der Waals surface area contributed by atoms with E-state index in [-0.39, 0.29) is 29.9 Å². The molecule has 2 amide bonds. The van der Waals surface area contributed by atoms with Crippen LogP contribution in [0.1, 0.15) is 67.2 Å². The normalized spacial score (nSPS) is 12.9. The molecule has 0 fully saturated rings. The molecule has 4 aromatic heterocycles. The van der Waals surface area contributed by atoms with Gasteiger partial charge in [-0.3, -0.25) is 4.98 Å². The maximum Gasteiger partial charge on any atom is 0.318 e. The van der Waals surface area contributed by atoms with Gasteiger partial charge in [0.25, 0.3) is 0 Å². The summed E-state index contributed by atoms with van der Waals surface area (Å²) >= 11 is 7.98. The van der Waals surface area contributed by atoms with Crippen LogP contribution in [0.25, 0.3) is 16.9 Å². The maximum absolute atomic E-state index is 13.6. The van der Waals surface area contributed by atoms with Gasteiger partial charge in [-0.15, -0.1) is 11.3 Å².